The van der Waals surface area contributed by atoms with Crippen molar-refractivity contribution in [3.63, 3.8) is 0 Å². The van der Waals surface area contributed by atoms with E-state index in [1.165, 1.54) is 25.7 Å². The molecule has 0 saturated heterocycles. The van der Waals surface area contributed by atoms with Gasteiger partial charge in [0.1, 0.15) is 0 Å². The van der Waals surface area contributed by atoms with Crippen molar-refractivity contribution >= 4 is 5.97 Å². The largest absolute Gasteiger partial charge is 0.481 e. The van der Waals surface area contributed by atoms with Gasteiger partial charge in [0.25, 0.3) is 0 Å². The first kappa shape index (κ1) is 24.1. The first-order valence-electron chi connectivity index (χ1n) is 14.1. The maximum Gasteiger partial charge on any atom is 0.309 e. The van der Waals surface area contributed by atoms with Crippen LogP contribution in [0.3, 0.4) is 0 Å². The number of carboxylic acid groups (broad SMARTS) is 1. The zero-order chi connectivity index (χ0) is 24.2. The Morgan fingerprint density at radius 3 is 2.03 bits per heavy atom. The van der Waals surface area contributed by atoms with Crippen LogP contribution in [0, 0.1) is 56.2 Å². The van der Waals surface area contributed by atoms with Crippen molar-refractivity contribution in [2.45, 2.75) is 125 Å². The second-order valence-electron chi connectivity index (χ2n) is 15.5. The maximum atomic E-state index is 12.8. The number of aliphatic hydroxyl groups is 1. The van der Waals surface area contributed by atoms with Crippen LogP contribution in [-0.4, -0.2) is 22.3 Å². The Kier molecular flexibility index (Phi) is 5.13. The van der Waals surface area contributed by atoms with E-state index in [4.69, 9.17) is 0 Å². The topological polar surface area (TPSA) is 57.5 Å². The van der Waals surface area contributed by atoms with Crippen LogP contribution < -0.4 is 0 Å². The van der Waals surface area contributed by atoms with Gasteiger partial charge in [-0.25, -0.2) is 0 Å². The Hall–Kier alpha value is -0.570. The standard InChI is InChI=1S/C30H50O3/c1-25(2)14-16-30(24(32)33)17-15-28(6)19(20(30)18-25)8-9-22-27(5)12-11-23(31)26(3,4)21(27)10-13-29(22,28)7/h19-23,31H,8-18H2,1-7H3,(H,32,33)/t19-,20+,21+,22-,23+,27+,28-,29-,30+/m1/s1. The van der Waals surface area contributed by atoms with Crippen LogP contribution in [0.25, 0.3) is 0 Å². The molecule has 0 radical (unpaired) electrons. The first-order valence-corrected chi connectivity index (χ1v) is 14.1. The van der Waals surface area contributed by atoms with Crippen LogP contribution in [0.4, 0.5) is 0 Å². The summed E-state index contributed by atoms with van der Waals surface area (Å²) in [6, 6.07) is 0. The van der Waals surface area contributed by atoms with Gasteiger partial charge in [-0.2, -0.15) is 0 Å². The Morgan fingerprint density at radius 2 is 1.36 bits per heavy atom. The molecular formula is C30H50O3. The van der Waals surface area contributed by atoms with Crippen LogP contribution in [0.2, 0.25) is 0 Å². The minimum atomic E-state index is -0.504. The average molecular weight is 459 g/mol. The number of rotatable bonds is 1. The van der Waals surface area contributed by atoms with Crippen molar-refractivity contribution < 1.29 is 15.0 Å². The second kappa shape index (κ2) is 7.01. The Balaban J connectivity index is 1.54. The van der Waals surface area contributed by atoms with E-state index in [1.54, 1.807) is 0 Å². The van der Waals surface area contributed by atoms with Crippen molar-refractivity contribution in [2.75, 3.05) is 0 Å². The Bertz CT molecular complexity index is 830. The van der Waals surface area contributed by atoms with E-state index in [9.17, 15) is 15.0 Å². The molecule has 0 bridgehead atoms. The lowest BCUT2D eigenvalue weighted by Crippen LogP contribution is -2.67. The van der Waals surface area contributed by atoms with E-state index in [1.807, 2.05) is 0 Å². The van der Waals surface area contributed by atoms with Crippen molar-refractivity contribution in [3.8, 4) is 0 Å². The van der Waals surface area contributed by atoms with Crippen molar-refractivity contribution in [2.24, 2.45) is 56.2 Å². The van der Waals surface area contributed by atoms with E-state index in [-0.39, 0.29) is 33.2 Å². The quantitative estimate of drug-likeness (QED) is 0.433. The monoisotopic (exact) mass is 458 g/mol. The van der Waals surface area contributed by atoms with E-state index in [2.05, 4.69) is 48.5 Å². The summed E-state index contributed by atoms with van der Waals surface area (Å²) >= 11 is 0. The van der Waals surface area contributed by atoms with Gasteiger partial charge in [0.2, 0.25) is 0 Å². The molecular weight excluding hydrogens is 408 g/mol. The first-order chi connectivity index (χ1) is 15.1. The summed E-state index contributed by atoms with van der Waals surface area (Å²) in [4.78, 5) is 12.8. The number of carboxylic acids is 1. The SMILES string of the molecule is CC1(C)CC[C@]2(C(=O)O)CC[C@]3(C)[C@H](CC[C@@H]4[C@@]5(C)CC[C@H](O)C(C)(C)[C@@H]5CC[C@]43C)[C@@H]2C1. The molecule has 0 amide bonds. The smallest absolute Gasteiger partial charge is 0.309 e. The summed E-state index contributed by atoms with van der Waals surface area (Å²) in [5.41, 5.74) is 0.544. The highest BCUT2D eigenvalue weighted by Crippen LogP contribution is 2.77. The molecule has 0 unspecified atom stereocenters. The van der Waals surface area contributed by atoms with Crippen molar-refractivity contribution in [1.29, 1.82) is 0 Å². The second-order valence-corrected chi connectivity index (χ2v) is 15.5. The third-order valence-corrected chi connectivity index (χ3v) is 13.6. The fourth-order valence-electron chi connectivity index (χ4n) is 11.4. The zero-order valence-electron chi connectivity index (χ0n) is 22.5. The van der Waals surface area contributed by atoms with Gasteiger partial charge in [0.15, 0.2) is 0 Å². The van der Waals surface area contributed by atoms with Gasteiger partial charge in [-0.1, -0.05) is 48.5 Å². The van der Waals surface area contributed by atoms with Gasteiger partial charge in [0.05, 0.1) is 11.5 Å². The van der Waals surface area contributed by atoms with Crippen molar-refractivity contribution in [3.05, 3.63) is 0 Å². The molecule has 0 aliphatic heterocycles. The van der Waals surface area contributed by atoms with Gasteiger partial charge < -0.3 is 10.2 Å². The van der Waals surface area contributed by atoms with Gasteiger partial charge in [0, 0.05) is 0 Å². The molecule has 0 spiro atoms. The normalized spacial score (nSPS) is 54.8. The summed E-state index contributed by atoms with van der Waals surface area (Å²) in [6.45, 7) is 17.2. The zero-order valence-corrected chi connectivity index (χ0v) is 22.5. The number of hydrogen-bond donors (Lipinski definition) is 2. The predicted molar refractivity (Wildman–Crippen MR) is 133 cm³/mol. The minimum absolute atomic E-state index is 0.00942. The summed E-state index contributed by atoms with van der Waals surface area (Å²) in [6.07, 6.45) is 11.8. The predicted octanol–water partition coefficient (Wildman–Crippen LogP) is 7.31. The highest BCUT2D eigenvalue weighted by molar-refractivity contribution is 5.75. The molecule has 3 nitrogen and oxygen atoms in total. The van der Waals surface area contributed by atoms with Gasteiger partial charge >= 0.3 is 5.97 Å². The number of carbonyl (C=O) groups is 1. The molecule has 2 N–H and O–H groups in total. The molecule has 0 aromatic heterocycles. The van der Waals surface area contributed by atoms with E-state index in [0.29, 0.717) is 23.7 Å². The molecule has 188 valence electrons. The molecule has 9 atom stereocenters. The molecule has 5 aliphatic carbocycles. The highest BCUT2D eigenvalue weighted by Gasteiger charge is 2.71. The molecule has 0 aromatic carbocycles. The Labute approximate surface area is 202 Å². The van der Waals surface area contributed by atoms with Gasteiger partial charge in [-0.15, -0.1) is 0 Å². The third kappa shape index (κ3) is 2.93. The van der Waals surface area contributed by atoms with Gasteiger partial charge in [-0.05, 0) is 121 Å². The fraction of sp³-hybridized carbons (Fsp3) is 0.967. The van der Waals surface area contributed by atoms with Crippen LogP contribution in [-0.2, 0) is 4.79 Å². The lowest BCUT2D eigenvalue weighted by molar-refractivity contribution is -0.255. The third-order valence-electron chi connectivity index (χ3n) is 13.6. The lowest BCUT2D eigenvalue weighted by Gasteiger charge is -2.73. The van der Waals surface area contributed by atoms with E-state index < -0.39 is 11.4 Å². The summed E-state index contributed by atoms with van der Waals surface area (Å²) in [5, 5.41) is 21.4. The lowest BCUT2D eigenvalue weighted by atomic mass is 9.31. The molecule has 5 aliphatic rings. The molecule has 0 aromatic rings. The summed E-state index contributed by atoms with van der Waals surface area (Å²) in [5.74, 6) is 1.62. The molecule has 3 heteroatoms. The van der Waals surface area contributed by atoms with Crippen LogP contribution >= 0.6 is 0 Å². The number of aliphatic hydroxyl groups excluding tert-OH is 1. The van der Waals surface area contributed by atoms with Crippen LogP contribution in [0.15, 0.2) is 0 Å². The summed E-state index contributed by atoms with van der Waals surface area (Å²) < 4.78 is 0. The molecule has 5 saturated carbocycles. The average Bonchev–Trinajstić information content (AvgIpc) is 2.71. The molecule has 0 heterocycles. The Morgan fingerprint density at radius 1 is 0.697 bits per heavy atom. The number of fused-ring (bicyclic) bond motifs is 7. The molecule has 33 heavy (non-hydrogen) atoms. The minimum Gasteiger partial charge on any atom is -0.481 e. The molecule has 5 rings (SSSR count). The number of aliphatic carboxylic acids is 1. The van der Waals surface area contributed by atoms with Crippen LogP contribution in [0.1, 0.15) is 119 Å². The van der Waals surface area contributed by atoms with Crippen LogP contribution in [0.5, 0.6) is 0 Å². The van der Waals surface area contributed by atoms with E-state index >= 15 is 0 Å². The summed E-state index contributed by atoms with van der Waals surface area (Å²) in [7, 11) is 0. The molecule has 5 fully saturated rings. The number of hydrogen-bond acceptors (Lipinski definition) is 2. The van der Waals surface area contributed by atoms with E-state index in [0.717, 1.165) is 44.9 Å². The van der Waals surface area contributed by atoms with Gasteiger partial charge in [-0.3, -0.25) is 4.79 Å². The maximum absolute atomic E-state index is 12.8. The van der Waals surface area contributed by atoms with Crippen molar-refractivity contribution in [1.82, 2.24) is 0 Å². The fourth-order valence-corrected chi connectivity index (χ4v) is 11.4. The highest BCUT2D eigenvalue weighted by atomic mass is 16.4.